The maximum atomic E-state index is 12.8. The molecular formula is C27H36N2O4. The van der Waals surface area contributed by atoms with E-state index in [0.29, 0.717) is 12.4 Å². The predicted molar refractivity (Wildman–Crippen MR) is 131 cm³/mol. The number of carbonyl (C=O) groups is 2. The second kappa shape index (κ2) is 11.2. The predicted octanol–water partition coefficient (Wildman–Crippen LogP) is 4.82. The molecule has 0 aliphatic carbocycles. The number of hydrogen-bond acceptors (Lipinski definition) is 5. The number of esters is 1. The minimum atomic E-state index is -1.11. The molecule has 2 aromatic rings. The number of anilines is 1. The van der Waals surface area contributed by atoms with Crippen LogP contribution in [0.5, 0.6) is 5.75 Å². The van der Waals surface area contributed by atoms with Gasteiger partial charge in [0.25, 0.3) is 0 Å². The van der Waals surface area contributed by atoms with E-state index in [1.54, 1.807) is 32.9 Å². The Balaban J connectivity index is 1.63. The van der Waals surface area contributed by atoms with Crippen LogP contribution >= 0.6 is 0 Å². The normalized spacial score (nSPS) is 15.0. The molecule has 0 saturated carbocycles. The Kier molecular flexibility index (Phi) is 8.37. The van der Waals surface area contributed by atoms with Gasteiger partial charge in [0.1, 0.15) is 5.75 Å². The highest BCUT2D eigenvalue weighted by atomic mass is 16.6. The molecule has 6 nitrogen and oxygen atoms in total. The number of ether oxygens (including phenoxy) is 2. The van der Waals surface area contributed by atoms with Crippen LogP contribution in [0.25, 0.3) is 0 Å². The number of nitrogens with one attached hydrogen (secondary N) is 1. The number of hydrogen-bond donors (Lipinski definition) is 1. The number of benzene rings is 2. The number of amides is 1. The third-order valence-electron chi connectivity index (χ3n) is 5.88. The van der Waals surface area contributed by atoms with Crippen molar-refractivity contribution in [3.8, 4) is 5.75 Å². The van der Waals surface area contributed by atoms with Crippen molar-refractivity contribution in [2.45, 2.75) is 65.0 Å². The van der Waals surface area contributed by atoms with Crippen LogP contribution < -0.4 is 15.0 Å². The maximum absolute atomic E-state index is 12.8. The Morgan fingerprint density at radius 1 is 1.06 bits per heavy atom. The number of rotatable bonds is 9. The second-order valence-electron chi connectivity index (χ2n) is 9.05. The molecule has 1 atom stereocenters. The smallest absolute Gasteiger partial charge is 0.349 e. The standard InChI is InChI=1S/C27H36N2O4/c1-5-32-26(31)27(3,4)33-22-13-11-12-21(18-22)19-25(30)28-20(2)23-14-7-8-15-24(23)29-16-9-6-10-17-29/h7-8,11-15,18,20H,5-6,9-10,16-17,19H2,1-4H3,(H,28,30). The zero-order valence-corrected chi connectivity index (χ0v) is 20.2. The van der Waals surface area contributed by atoms with Crippen molar-refractivity contribution in [3.05, 3.63) is 59.7 Å². The summed E-state index contributed by atoms with van der Waals surface area (Å²) in [6.45, 7) is 9.56. The molecule has 0 spiro atoms. The van der Waals surface area contributed by atoms with E-state index in [0.717, 1.165) is 24.2 Å². The van der Waals surface area contributed by atoms with Gasteiger partial charge < -0.3 is 19.7 Å². The summed E-state index contributed by atoms with van der Waals surface area (Å²) in [4.78, 5) is 27.4. The van der Waals surface area contributed by atoms with Gasteiger partial charge >= 0.3 is 5.97 Å². The fourth-order valence-electron chi connectivity index (χ4n) is 4.19. The Morgan fingerprint density at radius 3 is 2.52 bits per heavy atom. The lowest BCUT2D eigenvalue weighted by atomic mass is 10.0. The van der Waals surface area contributed by atoms with Gasteiger partial charge in [-0.1, -0.05) is 30.3 Å². The summed E-state index contributed by atoms with van der Waals surface area (Å²) in [6.07, 6.45) is 3.93. The third kappa shape index (κ3) is 6.73. The van der Waals surface area contributed by atoms with Crippen LogP contribution in [0, 0.1) is 0 Å². The highest BCUT2D eigenvalue weighted by molar-refractivity contribution is 5.80. The van der Waals surface area contributed by atoms with Crippen LogP contribution in [0.2, 0.25) is 0 Å². The zero-order chi connectivity index (χ0) is 23.8. The van der Waals surface area contributed by atoms with E-state index >= 15 is 0 Å². The summed E-state index contributed by atoms with van der Waals surface area (Å²) in [6, 6.07) is 15.5. The Morgan fingerprint density at radius 2 is 1.79 bits per heavy atom. The molecule has 1 amide bonds. The van der Waals surface area contributed by atoms with Crippen molar-refractivity contribution in [2.75, 3.05) is 24.6 Å². The van der Waals surface area contributed by atoms with Crippen LogP contribution in [-0.2, 0) is 20.7 Å². The molecule has 1 heterocycles. The van der Waals surface area contributed by atoms with Gasteiger partial charge in [-0.25, -0.2) is 4.79 Å². The monoisotopic (exact) mass is 452 g/mol. The molecule has 33 heavy (non-hydrogen) atoms. The van der Waals surface area contributed by atoms with Crippen molar-refractivity contribution in [1.82, 2.24) is 5.32 Å². The van der Waals surface area contributed by atoms with Crippen LogP contribution in [0.4, 0.5) is 5.69 Å². The van der Waals surface area contributed by atoms with Gasteiger partial charge in [0.05, 0.1) is 19.1 Å². The van der Waals surface area contributed by atoms with E-state index in [-0.39, 0.29) is 18.4 Å². The molecule has 1 unspecified atom stereocenters. The average Bonchev–Trinajstić information content (AvgIpc) is 2.79. The van der Waals surface area contributed by atoms with E-state index in [2.05, 4.69) is 28.4 Å². The first-order valence-corrected chi connectivity index (χ1v) is 11.9. The molecular weight excluding hydrogens is 416 g/mol. The second-order valence-corrected chi connectivity index (χ2v) is 9.05. The fraction of sp³-hybridized carbons (Fsp3) is 0.481. The number of carbonyl (C=O) groups excluding carboxylic acids is 2. The van der Waals surface area contributed by atoms with Crippen molar-refractivity contribution >= 4 is 17.6 Å². The van der Waals surface area contributed by atoms with E-state index in [1.807, 2.05) is 25.1 Å². The largest absolute Gasteiger partial charge is 0.476 e. The number of para-hydroxylation sites is 1. The van der Waals surface area contributed by atoms with E-state index < -0.39 is 11.6 Å². The SMILES string of the molecule is CCOC(=O)C(C)(C)Oc1cccc(CC(=O)NC(C)c2ccccc2N2CCCCC2)c1. The van der Waals surface area contributed by atoms with E-state index in [1.165, 1.54) is 24.9 Å². The summed E-state index contributed by atoms with van der Waals surface area (Å²) >= 11 is 0. The topological polar surface area (TPSA) is 67.9 Å². The molecule has 178 valence electrons. The molecule has 6 heteroatoms. The van der Waals surface area contributed by atoms with Crippen molar-refractivity contribution < 1.29 is 19.1 Å². The molecule has 0 radical (unpaired) electrons. The number of nitrogens with zero attached hydrogens (tertiary/aromatic N) is 1. The van der Waals surface area contributed by atoms with Crippen LogP contribution in [-0.4, -0.2) is 37.2 Å². The minimum Gasteiger partial charge on any atom is -0.476 e. The van der Waals surface area contributed by atoms with E-state index in [9.17, 15) is 9.59 Å². The summed E-state index contributed by atoms with van der Waals surface area (Å²) in [5, 5.41) is 3.15. The maximum Gasteiger partial charge on any atom is 0.349 e. The Bertz CT molecular complexity index is 951. The van der Waals surface area contributed by atoms with Gasteiger partial charge in [-0.2, -0.15) is 0 Å². The average molecular weight is 453 g/mol. The number of piperidine rings is 1. The molecule has 1 aliphatic rings. The Labute approximate surface area is 197 Å². The first kappa shape index (κ1) is 24.6. The van der Waals surface area contributed by atoms with Crippen molar-refractivity contribution in [3.63, 3.8) is 0 Å². The van der Waals surface area contributed by atoms with Crippen molar-refractivity contribution in [2.24, 2.45) is 0 Å². The molecule has 1 saturated heterocycles. The quantitative estimate of drug-likeness (QED) is 0.553. The van der Waals surface area contributed by atoms with Gasteiger partial charge in [0, 0.05) is 18.8 Å². The lowest BCUT2D eigenvalue weighted by Gasteiger charge is -2.32. The van der Waals surface area contributed by atoms with Crippen LogP contribution in [0.1, 0.15) is 64.1 Å². The van der Waals surface area contributed by atoms with Gasteiger partial charge in [-0.3, -0.25) is 4.79 Å². The van der Waals surface area contributed by atoms with Gasteiger partial charge in [-0.05, 0) is 76.3 Å². The minimum absolute atomic E-state index is 0.0576. The summed E-state index contributed by atoms with van der Waals surface area (Å²) in [5.74, 6) is 0.0499. The summed E-state index contributed by atoms with van der Waals surface area (Å²) in [5.41, 5.74) is 2.06. The highest BCUT2D eigenvalue weighted by Crippen LogP contribution is 2.29. The van der Waals surface area contributed by atoms with Gasteiger partial charge in [0.15, 0.2) is 5.60 Å². The first-order chi connectivity index (χ1) is 15.8. The van der Waals surface area contributed by atoms with Crippen LogP contribution in [0.3, 0.4) is 0 Å². The fourth-order valence-corrected chi connectivity index (χ4v) is 4.19. The van der Waals surface area contributed by atoms with Crippen molar-refractivity contribution in [1.29, 1.82) is 0 Å². The third-order valence-corrected chi connectivity index (χ3v) is 5.88. The molecule has 1 fully saturated rings. The summed E-state index contributed by atoms with van der Waals surface area (Å²) in [7, 11) is 0. The Hall–Kier alpha value is -3.02. The highest BCUT2D eigenvalue weighted by Gasteiger charge is 2.31. The first-order valence-electron chi connectivity index (χ1n) is 11.9. The van der Waals surface area contributed by atoms with E-state index in [4.69, 9.17) is 9.47 Å². The lowest BCUT2D eigenvalue weighted by molar-refractivity contribution is -0.158. The zero-order valence-electron chi connectivity index (χ0n) is 20.2. The molecule has 3 rings (SSSR count). The molecule has 0 bridgehead atoms. The molecule has 1 N–H and O–H groups in total. The summed E-state index contributed by atoms with van der Waals surface area (Å²) < 4.78 is 10.9. The van der Waals surface area contributed by atoms with Crippen LogP contribution in [0.15, 0.2) is 48.5 Å². The lowest BCUT2D eigenvalue weighted by Crippen LogP contribution is -2.39. The molecule has 0 aromatic heterocycles. The molecule has 1 aliphatic heterocycles. The molecule has 2 aromatic carbocycles. The van der Waals surface area contributed by atoms with Gasteiger partial charge in [0.2, 0.25) is 5.91 Å². The van der Waals surface area contributed by atoms with Gasteiger partial charge in [-0.15, -0.1) is 0 Å².